The number of benzene rings is 2. The van der Waals surface area contributed by atoms with Crippen LogP contribution >= 0.6 is 0 Å². The maximum Gasteiger partial charge on any atom is 0.269 e. The zero-order valence-electron chi connectivity index (χ0n) is 15.7. The summed E-state index contributed by atoms with van der Waals surface area (Å²) in [5.41, 5.74) is 7.80. The van der Waals surface area contributed by atoms with Gasteiger partial charge in [-0.3, -0.25) is 20.4 Å². The lowest BCUT2D eigenvalue weighted by molar-refractivity contribution is -0.900. The zero-order chi connectivity index (χ0) is 19.1. The molecule has 0 spiro atoms. The minimum atomic E-state index is -0.295. The normalized spacial score (nSPS) is 14.6. The average molecular weight is 367 g/mol. The first-order valence-corrected chi connectivity index (χ1v) is 9.41. The third-order valence-corrected chi connectivity index (χ3v) is 4.89. The van der Waals surface area contributed by atoms with Crippen LogP contribution in [0.2, 0.25) is 0 Å². The Morgan fingerprint density at radius 1 is 1.00 bits per heavy atom. The molecule has 0 aromatic heterocycles. The average Bonchev–Trinajstić information content (AvgIpc) is 2.71. The number of anilines is 1. The van der Waals surface area contributed by atoms with E-state index in [2.05, 4.69) is 40.0 Å². The predicted molar refractivity (Wildman–Crippen MR) is 106 cm³/mol. The SMILES string of the molecule is Cc1cccc(C(=O)NNC(=O)CC[NH+]2CCN(c3ccccc3)CC2)c1. The lowest BCUT2D eigenvalue weighted by atomic mass is 10.1. The van der Waals surface area contributed by atoms with E-state index in [1.54, 1.807) is 12.1 Å². The minimum Gasteiger partial charge on any atom is -0.360 e. The number of nitrogens with one attached hydrogen (secondary N) is 3. The van der Waals surface area contributed by atoms with Gasteiger partial charge in [0, 0.05) is 11.3 Å². The van der Waals surface area contributed by atoms with Crippen LogP contribution in [0.3, 0.4) is 0 Å². The summed E-state index contributed by atoms with van der Waals surface area (Å²) < 4.78 is 0. The fraction of sp³-hybridized carbons (Fsp3) is 0.333. The Labute approximate surface area is 160 Å². The molecule has 6 heteroatoms. The molecule has 2 aromatic carbocycles. The summed E-state index contributed by atoms with van der Waals surface area (Å²) >= 11 is 0. The molecule has 1 aliphatic rings. The summed E-state index contributed by atoms with van der Waals surface area (Å²) in [4.78, 5) is 27.9. The van der Waals surface area contributed by atoms with Gasteiger partial charge < -0.3 is 9.80 Å². The Morgan fingerprint density at radius 2 is 1.74 bits per heavy atom. The van der Waals surface area contributed by atoms with Crippen molar-refractivity contribution < 1.29 is 14.5 Å². The zero-order valence-corrected chi connectivity index (χ0v) is 15.7. The Balaban J connectivity index is 1.36. The minimum absolute atomic E-state index is 0.158. The van der Waals surface area contributed by atoms with Crippen LogP contribution in [0.1, 0.15) is 22.3 Å². The van der Waals surface area contributed by atoms with Gasteiger partial charge in [0.25, 0.3) is 5.91 Å². The maximum absolute atomic E-state index is 12.0. The van der Waals surface area contributed by atoms with Crippen molar-refractivity contribution in [1.29, 1.82) is 0 Å². The summed E-state index contributed by atoms with van der Waals surface area (Å²) in [6, 6.07) is 17.7. The topological polar surface area (TPSA) is 65.9 Å². The highest BCUT2D eigenvalue weighted by molar-refractivity contribution is 5.95. The molecule has 3 N–H and O–H groups in total. The molecule has 1 fully saturated rings. The number of hydrazine groups is 1. The van der Waals surface area contributed by atoms with Crippen molar-refractivity contribution in [3.63, 3.8) is 0 Å². The fourth-order valence-electron chi connectivity index (χ4n) is 3.31. The number of rotatable bonds is 5. The van der Waals surface area contributed by atoms with Crippen LogP contribution in [0.4, 0.5) is 5.69 Å². The summed E-state index contributed by atoms with van der Waals surface area (Å²) in [5, 5.41) is 0. The Morgan fingerprint density at radius 3 is 2.44 bits per heavy atom. The molecule has 6 nitrogen and oxygen atoms in total. The number of aryl methyl sites for hydroxylation is 1. The molecule has 27 heavy (non-hydrogen) atoms. The number of quaternary nitrogens is 1. The van der Waals surface area contributed by atoms with Gasteiger partial charge in [-0.15, -0.1) is 0 Å². The highest BCUT2D eigenvalue weighted by Crippen LogP contribution is 2.12. The van der Waals surface area contributed by atoms with Gasteiger partial charge in [-0.2, -0.15) is 0 Å². The van der Waals surface area contributed by atoms with E-state index in [1.165, 1.54) is 10.6 Å². The first kappa shape index (κ1) is 18.9. The van der Waals surface area contributed by atoms with Crippen LogP contribution < -0.4 is 20.7 Å². The van der Waals surface area contributed by atoms with Gasteiger partial charge in [0.15, 0.2) is 0 Å². The highest BCUT2D eigenvalue weighted by Gasteiger charge is 2.20. The van der Waals surface area contributed by atoms with Crippen LogP contribution in [0.5, 0.6) is 0 Å². The van der Waals surface area contributed by atoms with E-state index in [0.29, 0.717) is 12.0 Å². The number of hydrogen-bond acceptors (Lipinski definition) is 3. The molecule has 2 aromatic rings. The van der Waals surface area contributed by atoms with E-state index in [0.717, 1.165) is 38.3 Å². The van der Waals surface area contributed by atoms with Crippen molar-refractivity contribution in [3.05, 3.63) is 65.7 Å². The standard InChI is InChI=1S/C21H26N4O2/c1-17-6-5-7-18(16-17)21(27)23-22-20(26)10-11-24-12-14-25(15-13-24)19-8-3-2-4-9-19/h2-9,16H,10-15H2,1H3,(H,22,26)(H,23,27)/p+1. The van der Waals surface area contributed by atoms with Gasteiger partial charge in [0.1, 0.15) is 0 Å². The highest BCUT2D eigenvalue weighted by atomic mass is 16.2. The van der Waals surface area contributed by atoms with Crippen molar-refractivity contribution in [2.45, 2.75) is 13.3 Å². The van der Waals surface area contributed by atoms with Crippen LogP contribution in [0, 0.1) is 6.92 Å². The van der Waals surface area contributed by atoms with E-state index in [4.69, 9.17) is 0 Å². The second-order valence-electron chi connectivity index (χ2n) is 6.94. The van der Waals surface area contributed by atoms with Crippen LogP contribution in [-0.2, 0) is 4.79 Å². The molecule has 0 aliphatic carbocycles. The molecule has 1 aliphatic heterocycles. The van der Waals surface area contributed by atoms with Gasteiger partial charge in [0.2, 0.25) is 5.91 Å². The number of amides is 2. The van der Waals surface area contributed by atoms with Crippen LogP contribution in [0.25, 0.3) is 0 Å². The molecule has 142 valence electrons. The second-order valence-corrected chi connectivity index (χ2v) is 6.94. The molecule has 0 atom stereocenters. The number of piperazine rings is 1. The van der Waals surface area contributed by atoms with Crippen molar-refractivity contribution in [3.8, 4) is 0 Å². The molecule has 0 radical (unpaired) electrons. The Hall–Kier alpha value is -2.86. The van der Waals surface area contributed by atoms with Crippen LogP contribution in [-0.4, -0.2) is 44.5 Å². The summed E-state index contributed by atoms with van der Waals surface area (Å²) in [6.07, 6.45) is 0.398. The van der Waals surface area contributed by atoms with Crippen molar-refractivity contribution in [2.24, 2.45) is 0 Å². The van der Waals surface area contributed by atoms with Gasteiger partial charge in [0.05, 0.1) is 39.1 Å². The molecule has 1 saturated heterocycles. The summed E-state index contributed by atoms with van der Waals surface area (Å²) in [7, 11) is 0. The molecule has 0 saturated carbocycles. The number of hydrogen-bond donors (Lipinski definition) is 3. The summed E-state index contributed by atoms with van der Waals surface area (Å²) in [5.74, 6) is -0.454. The van der Waals surface area contributed by atoms with E-state index < -0.39 is 0 Å². The van der Waals surface area contributed by atoms with Gasteiger partial charge in [-0.1, -0.05) is 35.9 Å². The molecular weight excluding hydrogens is 340 g/mol. The first-order valence-electron chi connectivity index (χ1n) is 9.41. The third kappa shape index (κ3) is 5.56. The molecule has 0 unspecified atom stereocenters. The monoisotopic (exact) mass is 367 g/mol. The number of nitrogens with zero attached hydrogens (tertiary/aromatic N) is 1. The van der Waals surface area contributed by atoms with E-state index in [-0.39, 0.29) is 11.8 Å². The molecule has 2 amide bonds. The lowest BCUT2D eigenvalue weighted by Crippen LogP contribution is -3.15. The number of para-hydroxylation sites is 1. The van der Waals surface area contributed by atoms with Crippen molar-refractivity contribution >= 4 is 17.5 Å². The van der Waals surface area contributed by atoms with Gasteiger partial charge >= 0.3 is 0 Å². The molecule has 3 rings (SSSR count). The largest absolute Gasteiger partial charge is 0.360 e. The maximum atomic E-state index is 12.0. The van der Waals surface area contributed by atoms with E-state index in [1.807, 2.05) is 25.1 Å². The smallest absolute Gasteiger partial charge is 0.269 e. The molecular formula is C21H27N4O2+. The lowest BCUT2D eigenvalue weighted by Gasteiger charge is -2.33. The van der Waals surface area contributed by atoms with Gasteiger partial charge in [-0.05, 0) is 31.2 Å². The first-order chi connectivity index (χ1) is 13.1. The van der Waals surface area contributed by atoms with Crippen LogP contribution in [0.15, 0.2) is 54.6 Å². The fourth-order valence-corrected chi connectivity index (χ4v) is 3.31. The Bertz CT molecular complexity index is 771. The second kappa shape index (κ2) is 9.19. The van der Waals surface area contributed by atoms with Crippen molar-refractivity contribution in [2.75, 3.05) is 37.6 Å². The molecule has 0 bridgehead atoms. The quantitative estimate of drug-likeness (QED) is 0.677. The van der Waals surface area contributed by atoms with Gasteiger partial charge in [-0.25, -0.2) is 0 Å². The predicted octanol–water partition coefficient (Wildman–Crippen LogP) is 0.551. The summed E-state index contributed by atoms with van der Waals surface area (Å²) in [6.45, 7) is 6.70. The van der Waals surface area contributed by atoms with Crippen molar-refractivity contribution in [1.82, 2.24) is 10.9 Å². The Kier molecular flexibility index (Phi) is 6.44. The van der Waals surface area contributed by atoms with E-state index in [9.17, 15) is 9.59 Å². The third-order valence-electron chi connectivity index (χ3n) is 4.89. The number of carbonyl (C=O) groups is 2. The molecule has 1 heterocycles. The van der Waals surface area contributed by atoms with E-state index >= 15 is 0 Å². The number of carbonyl (C=O) groups excluding carboxylic acids is 2.